The first-order valence-corrected chi connectivity index (χ1v) is 9.64. The van der Waals surface area contributed by atoms with Crippen molar-refractivity contribution in [2.45, 2.75) is 13.3 Å². The number of hydrogen-bond donors (Lipinski definition) is 1. The number of anilines is 3. The van der Waals surface area contributed by atoms with Gasteiger partial charge in [-0.15, -0.1) is 0 Å². The Morgan fingerprint density at radius 1 is 1.10 bits per heavy atom. The minimum absolute atomic E-state index is 0.00317. The van der Waals surface area contributed by atoms with E-state index in [9.17, 15) is 9.59 Å². The molecule has 1 heterocycles. The number of nitrogens with one attached hydrogen (secondary N) is 1. The molecule has 0 fully saturated rings. The number of rotatable bonds is 5. The number of carbonyl (C=O) groups is 2. The number of nitrogens with zero attached hydrogens (tertiary/aromatic N) is 3. The Morgan fingerprint density at radius 2 is 1.80 bits per heavy atom. The van der Waals surface area contributed by atoms with Gasteiger partial charge in [0.2, 0.25) is 11.8 Å². The minimum atomic E-state index is -0.317. The molecule has 0 radical (unpaired) electrons. The Labute approximate surface area is 183 Å². The van der Waals surface area contributed by atoms with Crippen LogP contribution in [0.4, 0.5) is 17.2 Å². The van der Waals surface area contributed by atoms with Crippen LogP contribution >= 0.6 is 23.2 Å². The normalized spacial score (nSPS) is 10.2. The van der Waals surface area contributed by atoms with Crippen molar-refractivity contribution in [1.29, 1.82) is 5.26 Å². The molecule has 0 aliphatic heterocycles. The highest BCUT2D eigenvalue weighted by Crippen LogP contribution is 2.28. The van der Waals surface area contributed by atoms with Crippen LogP contribution in [-0.4, -0.2) is 16.8 Å². The molecule has 1 N–H and O–H groups in total. The van der Waals surface area contributed by atoms with E-state index in [2.05, 4.69) is 10.3 Å². The summed E-state index contributed by atoms with van der Waals surface area (Å²) in [4.78, 5) is 30.4. The van der Waals surface area contributed by atoms with Crippen LogP contribution in [0, 0.1) is 11.3 Å². The zero-order valence-electron chi connectivity index (χ0n) is 15.9. The van der Waals surface area contributed by atoms with Crippen LogP contribution in [0.25, 0.3) is 0 Å². The van der Waals surface area contributed by atoms with Crippen molar-refractivity contribution >= 4 is 52.2 Å². The van der Waals surface area contributed by atoms with Gasteiger partial charge in [0.15, 0.2) is 0 Å². The maximum atomic E-state index is 12.5. The van der Waals surface area contributed by atoms with Crippen molar-refractivity contribution in [3.63, 3.8) is 0 Å². The van der Waals surface area contributed by atoms with Gasteiger partial charge in [-0.1, -0.05) is 35.3 Å². The van der Waals surface area contributed by atoms with E-state index in [1.54, 1.807) is 54.6 Å². The van der Waals surface area contributed by atoms with Crippen LogP contribution < -0.4 is 10.2 Å². The summed E-state index contributed by atoms with van der Waals surface area (Å²) in [5, 5.41) is 12.7. The minimum Gasteiger partial charge on any atom is -0.326 e. The van der Waals surface area contributed by atoms with Crippen LogP contribution in [0.5, 0.6) is 0 Å². The topological polar surface area (TPSA) is 86.1 Å². The summed E-state index contributed by atoms with van der Waals surface area (Å²) in [5.41, 5.74) is 1.90. The summed E-state index contributed by atoms with van der Waals surface area (Å²) in [5.74, 6) is -0.293. The molecule has 6 nitrogen and oxygen atoms in total. The van der Waals surface area contributed by atoms with E-state index in [0.717, 1.165) is 0 Å². The number of benzene rings is 2. The van der Waals surface area contributed by atoms with Gasteiger partial charge < -0.3 is 5.32 Å². The molecule has 0 saturated heterocycles. The highest BCUT2D eigenvalue weighted by molar-refractivity contribution is 6.36. The summed E-state index contributed by atoms with van der Waals surface area (Å²) >= 11 is 12.3. The van der Waals surface area contributed by atoms with Crippen molar-refractivity contribution in [1.82, 2.24) is 4.98 Å². The fraction of sp³-hybridized carbons (Fsp3) is 0.0909. The summed E-state index contributed by atoms with van der Waals surface area (Å²) in [6, 6.07) is 16.9. The Bertz CT molecular complexity index is 1140. The largest absolute Gasteiger partial charge is 0.326 e. The lowest BCUT2D eigenvalue weighted by molar-refractivity contribution is -0.116. The summed E-state index contributed by atoms with van der Waals surface area (Å²) in [7, 11) is 0. The lowest BCUT2D eigenvalue weighted by atomic mass is 10.1. The Balaban J connectivity index is 1.84. The molecule has 0 aliphatic rings. The molecule has 0 saturated carbocycles. The number of halogens is 2. The Hall–Kier alpha value is -3.40. The number of amides is 2. The van der Waals surface area contributed by atoms with Crippen LogP contribution in [0.2, 0.25) is 10.0 Å². The maximum absolute atomic E-state index is 12.5. The van der Waals surface area contributed by atoms with Crippen molar-refractivity contribution in [2.75, 3.05) is 10.2 Å². The van der Waals surface area contributed by atoms with E-state index >= 15 is 0 Å². The second-order valence-electron chi connectivity index (χ2n) is 6.34. The standard InChI is InChI=1S/C22H16Cl2N4O2/c1-14(29)28(17-5-2-4-15(10-17)13-25)21-11-16(8-9-26-21)27-22(30)12-18-19(23)6-3-7-20(18)24/h2-11H,12H2,1H3,(H,26,27,30). The van der Waals surface area contributed by atoms with Gasteiger partial charge in [0.25, 0.3) is 0 Å². The molecule has 2 aromatic carbocycles. The van der Waals surface area contributed by atoms with E-state index in [4.69, 9.17) is 28.5 Å². The molecule has 0 atom stereocenters. The van der Waals surface area contributed by atoms with Crippen LogP contribution in [-0.2, 0) is 16.0 Å². The van der Waals surface area contributed by atoms with Gasteiger partial charge in [-0.3, -0.25) is 14.5 Å². The second kappa shape index (κ2) is 9.40. The van der Waals surface area contributed by atoms with Gasteiger partial charge in [0.1, 0.15) is 5.82 Å². The Morgan fingerprint density at radius 3 is 2.47 bits per heavy atom. The van der Waals surface area contributed by atoms with E-state index < -0.39 is 0 Å². The van der Waals surface area contributed by atoms with Crippen molar-refractivity contribution in [2.24, 2.45) is 0 Å². The van der Waals surface area contributed by atoms with Crippen LogP contribution in [0.15, 0.2) is 60.8 Å². The first kappa shape index (κ1) is 21.3. The third kappa shape index (κ3) is 4.95. The van der Waals surface area contributed by atoms with Gasteiger partial charge in [-0.2, -0.15) is 5.26 Å². The number of carbonyl (C=O) groups excluding carboxylic acids is 2. The Kier molecular flexibility index (Phi) is 6.68. The quantitative estimate of drug-likeness (QED) is 0.598. The van der Waals surface area contributed by atoms with Gasteiger partial charge in [-0.05, 0) is 42.0 Å². The molecule has 1 aromatic heterocycles. The lowest BCUT2D eigenvalue weighted by Gasteiger charge is -2.21. The van der Waals surface area contributed by atoms with E-state index in [-0.39, 0.29) is 18.2 Å². The fourth-order valence-corrected chi connectivity index (χ4v) is 3.41. The van der Waals surface area contributed by atoms with Gasteiger partial charge >= 0.3 is 0 Å². The molecule has 0 bridgehead atoms. The van der Waals surface area contributed by atoms with E-state index in [0.29, 0.717) is 38.4 Å². The monoisotopic (exact) mass is 438 g/mol. The molecule has 8 heteroatoms. The predicted molar refractivity (Wildman–Crippen MR) is 117 cm³/mol. The molecular weight excluding hydrogens is 423 g/mol. The molecule has 30 heavy (non-hydrogen) atoms. The average molecular weight is 439 g/mol. The predicted octanol–water partition coefficient (Wildman–Crippen LogP) is 5.13. The summed E-state index contributed by atoms with van der Waals surface area (Å²) in [6.07, 6.45) is 1.48. The first-order chi connectivity index (χ1) is 14.4. The number of nitriles is 1. The van der Waals surface area contributed by atoms with Gasteiger partial charge in [-0.25, -0.2) is 4.98 Å². The number of aromatic nitrogens is 1. The van der Waals surface area contributed by atoms with Crippen LogP contribution in [0.1, 0.15) is 18.1 Å². The molecule has 150 valence electrons. The molecule has 3 aromatic rings. The van der Waals surface area contributed by atoms with E-state index in [1.807, 2.05) is 6.07 Å². The highest BCUT2D eigenvalue weighted by atomic mass is 35.5. The van der Waals surface area contributed by atoms with E-state index in [1.165, 1.54) is 18.0 Å². The second-order valence-corrected chi connectivity index (χ2v) is 7.16. The SMILES string of the molecule is CC(=O)N(c1cccc(C#N)c1)c1cc(NC(=O)Cc2c(Cl)cccc2Cl)ccn1. The fourth-order valence-electron chi connectivity index (χ4n) is 2.88. The lowest BCUT2D eigenvalue weighted by Crippen LogP contribution is -2.24. The van der Waals surface area contributed by atoms with Crippen molar-refractivity contribution in [3.8, 4) is 6.07 Å². The third-order valence-corrected chi connectivity index (χ3v) is 4.91. The smallest absolute Gasteiger partial charge is 0.229 e. The molecule has 2 amide bonds. The third-order valence-electron chi connectivity index (χ3n) is 4.21. The van der Waals surface area contributed by atoms with Gasteiger partial charge in [0.05, 0.1) is 23.7 Å². The maximum Gasteiger partial charge on any atom is 0.229 e. The van der Waals surface area contributed by atoms with Crippen molar-refractivity contribution in [3.05, 3.63) is 82.0 Å². The highest BCUT2D eigenvalue weighted by Gasteiger charge is 2.17. The number of hydrogen-bond acceptors (Lipinski definition) is 4. The number of pyridine rings is 1. The molecule has 0 unspecified atom stereocenters. The molecular formula is C22H16Cl2N4O2. The summed E-state index contributed by atoms with van der Waals surface area (Å²) in [6.45, 7) is 1.39. The van der Waals surface area contributed by atoms with Gasteiger partial charge in [0, 0.05) is 34.9 Å². The molecule has 0 spiro atoms. The first-order valence-electron chi connectivity index (χ1n) is 8.88. The average Bonchev–Trinajstić information content (AvgIpc) is 2.71. The summed E-state index contributed by atoms with van der Waals surface area (Å²) < 4.78 is 0. The zero-order valence-corrected chi connectivity index (χ0v) is 17.4. The van der Waals surface area contributed by atoms with Crippen molar-refractivity contribution < 1.29 is 9.59 Å². The zero-order chi connectivity index (χ0) is 21.7. The molecule has 0 aliphatic carbocycles. The van der Waals surface area contributed by atoms with Crippen LogP contribution in [0.3, 0.4) is 0 Å². The molecule has 3 rings (SSSR count).